The predicted octanol–water partition coefficient (Wildman–Crippen LogP) is 2.53. The maximum atomic E-state index is 12.7. The molecule has 0 atom stereocenters. The molecule has 0 aliphatic rings. The van der Waals surface area contributed by atoms with Crippen molar-refractivity contribution >= 4 is 11.9 Å². The van der Waals surface area contributed by atoms with Gasteiger partial charge >= 0.3 is 6.18 Å². The van der Waals surface area contributed by atoms with E-state index in [0.29, 0.717) is 24.6 Å². The monoisotopic (exact) mass is 358 g/mol. The minimum Gasteiger partial charge on any atom is -0.356 e. The van der Waals surface area contributed by atoms with Gasteiger partial charge in [-0.05, 0) is 38.5 Å². The zero-order valence-electron chi connectivity index (χ0n) is 14.9. The lowest BCUT2D eigenvalue weighted by atomic mass is 9.92. The Labute approximate surface area is 146 Å². The van der Waals surface area contributed by atoms with Crippen LogP contribution in [0, 0.1) is 5.41 Å². The van der Waals surface area contributed by atoms with Crippen molar-refractivity contribution in [2.45, 2.75) is 33.5 Å². The summed E-state index contributed by atoms with van der Waals surface area (Å²) in [5.74, 6) is 0.325. The van der Waals surface area contributed by atoms with Crippen molar-refractivity contribution in [2.75, 3.05) is 20.1 Å². The largest absolute Gasteiger partial charge is 0.416 e. The Kier molecular flexibility index (Phi) is 7.26. The zero-order valence-corrected chi connectivity index (χ0v) is 14.9. The van der Waals surface area contributed by atoms with E-state index in [9.17, 15) is 18.0 Å². The summed E-state index contributed by atoms with van der Waals surface area (Å²) in [4.78, 5) is 16.0. The molecule has 1 amide bonds. The van der Waals surface area contributed by atoms with E-state index in [1.54, 1.807) is 27.0 Å². The first-order valence-corrected chi connectivity index (χ1v) is 7.99. The number of rotatable bonds is 6. The van der Waals surface area contributed by atoms with E-state index < -0.39 is 17.2 Å². The molecule has 0 bridgehead atoms. The number of carbonyl (C=O) groups is 1. The highest BCUT2D eigenvalue weighted by Gasteiger charge is 2.30. The quantitative estimate of drug-likeness (QED) is 0.541. The molecule has 0 heterocycles. The van der Waals surface area contributed by atoms with E-state index in [1.807, 2.05) is 6.92 Å². The first-order chi connectivity index (χ1) is 11.6. The van der Waals surface area contributed by atoms with Gasteiger partial charge in [-0.2, -0.15) is 13.2 Å². The number of benzene rings is 1. The third-order valence-corrected chi connectivity index (χ3v) is 3.59. The van der Waals surface area contributed by atoms with Crippen LogP contribution in [0.3, 0.4) is 0 Å². The molecule has 0 saturated carbocycles. The highest BCUT2D eigenvalue weighted by Crippen LogP contribution is 2.29. The first kappa shape index (κ1) is 20.8. The molecular formula is C17H25F3N4O. The average molecular weight is 358 g/mol. The summed E-state index contributed by atoms with van der Waals surface area (Å²) in [6, 6.07) is 5.10. The Bertz CT molecular complexity index is 612. The van der Waals surface area contributed by atoms with Gasteiger partial charge in [0, 0.05) is 26.7 Å². The number of halogens is 3. The van der Waals surface area contributed by atoms with Gasteiger partial charge in [0.2, 0.25) is 5.91 Å². The smallest absolute Gasteiger partial charge is 0.356 e. The van der Waals surface area contributed by atoms with Crippen molar-refractivity contribution in [3.63, 3.8) is 0 Å². The molecule has 0 spiro atoms. The van der Waals surface area contributed by atoms with Crippen LogP contribution in [0.2, 0.25) is 0 Å². The first-order valence-electron chi connectivity index (χ1n) is 7.99. The Morgan fingerprint density at radius 3 is 2.40 bits per heavy atom. The number of aliphatic imine (C=N–C) groups is 1. The number of alkyl halides is 3. The summed E-state index contributed by atoms with van der Waals surface area (Å²) in [6.07, 6.45) is -4.37. The Morgan fingerprint density at radius 1 is 1.16 bits per heavy atom. The summed E-state index contributed by atoms with van der Waals surface area (Å²) < 4.78 is 38.2. The van der Waals surface area contributed by atoms with Gasteiger partial charge < -0.3 is 16.0 Å². The van der Waals surface area contributed by atoms with Crippen LogP contribution in [0.25, 0.3) is 0 Å². The molecule has 1 aromatic carbocycles. The Balaban J connectivity index is 2.62. The van der Waals surface area contributed by atoms with Crippen LogP contribution in [0.5, 0.6) is 0 Å². The van der Waals surface area contributed by atoms with Gasteiger partial charge in [-0.1, -0.05) is 12.1 Å². The second-order valence-corrected chi connectivity index (χ2v) is 6.22. The Morgan fingerprint density at radius 2 is 1.84 bits per heavy atom. The van der Waals surface area contributed by atoms with Gasteiger partial charge in [-0.15, -0.1) is 0 Å². The number of amides is 1. The summed E-state index contributed by atoms with van der Waals surface area (Å²) in [5.41, 5.74) is -0.850. The number of hydrogen-bond donors (Lipinski definition) is 3. The maximum absolute atomic E-state index is 12.7. The van der Waals surface area contributed by atoms with Crippen molar-refractivity contribution < 1.29 is 18.0 Å². The van der Waals surface area contributed by atoms with Crippen molar-refractivity contribution in [1.82, 2.24) is 16.0 Å². The third-order valence-electron chi connectivity index (χ3n) is 3.59. The lowest BCUT2D eigenvalue weighted by Gasteiger charge is -2.24. The summed E-state index contributed by atoms with van der Waals surface area (Å²) in [7, 11) is 1.56. The van der Waals surface area contributed by atoms with E-state index in [1.165, 1.54) is 6.07 Å². The fourth-order valence-corrected chi connectivity index (χ4v) is 2.05. The van der Waals surface area contributed by atoms with E-state index >= 15 is 0 Å². The second kappa shape index (κ2) is 8.73. The van der Waals surface area contributed by atoms with Crippen molar-refractivity contribution in [3.8, 4) is 0 Å². The molecule has 0 unspecified atom stereocenters. The molecule has 5 nitrogen and oxygen atoms in total. The minimum atomic E-state index is -4.37. The number of nitrogens with one attached hydrogen (secondary N) is 3. The lowest BCUT2D eigenvalue weighted by Crippen LogP contribution is -2.47. The van der Waals surface area contributed by atoms with Crippen LogP contribution in [-0.4, -0.2) is 32.0 Å². The minimum absolute atomic E-state index is 0.0872. The highest BCUT2D eigenvalue weighted by molar-refractivity contribution is 5.84. The molecule has 0 aliphatic carbocycles. The van der Waals surface area contributed by atoms with Gasteiger partial charge in [0.1, 0.15) is 0 Å². The maximum Gasteiger partial charge on any atom is 0.416 e. The van der Waals surface area contributed by atoms with Crippen LogP contribution >= 0.6 is 0 Å². The Hall–Kier alpha value is -2.25. The fraction of sp³-hybridized carbons (Fsp3) is 0.529. The number of hydrogen-bond acceptors (Lipinski definition) is 2. The van der Waals surface area contributed by atoms with Gasteiger partial charge in [-0.3, -0.25) is 9.79 Å². The predicted molar refractivity (Wildman–Crippen MR) is 92.1 cm³/mol. The average Bonchev–Trinajstić information content (AvgIpc) is 2.54. The molecular weight excluding hydrogens is 333 g/mol. The zero-order chi connectivity index (χ0) is 19.1. The van der Waals surface area contributed by atoms with Gasteiger partial charge in [0.15, 0.2) is 5.96 Å². The van der Waals surface area contributed by atoms with Gasteiger partial charge in [0.05, 0.1) is 11.0 Å². The van der Waals surface area contributed by atoms with Crippen molar-refractivity contribution in [1.29, 1.82) is 0 Å². The molecule has 1 aromatic rings. The third kappa shape index (κ3) is 6.64. The van der Waals surface area contributed by atoms with E-state index in [-0.39, 0.29) is 12.5 Å². The number of carbonyl (C=O) groups excluding carboxylic acids is 1. The molecule has 0 aliphatic heterocycles. The molecule has 0 saturated heterocycles. The van der Waals surface area contributed by atoms with Crippen LogP contribution in [-0.2, 0) is 17.5 Å². The normalized spacial score (nSPS) is 12.7. The van der Waals surface area contributed by atoms with Crippen LogP contribution in [0.15, 0.2) is 29.3 Å². The summed E-state index contributed by atoms with van der Waals surface area (Å²) in [5, 5.41) is 8.73. The molecule has 140 valence electrons. The van der Waals surface area contributed by atoms with E-state index in [0.717, 1.165) is 12.1 Å². The van der Waals surface area contributed by atoms with Crippen LogP contribution in [0.4, 0.5) is 13.2 Å². The molecule has 1 rings (SSSR count). The molecule has 0 radical (unpaired) electrons. The number of guanidine groups is 1. The van der Waals surface area contributed by atoms with E-state index in [2.05, 4.69) is 20.9 Å². The number of nitrogens with zero attached hydrogens (tertiary/aromatic N) is 1. The standard InChI is InChI=1S/C17H25F3N4O/c1-5-22-14(25)16(2,3)11-24-15(21-4)23-10-12-7-6-8-13(9-12)17(18,19)20/h6-9H,5,10-11H2,1-4H3,(H,22,25)(H2,21,23,24). The topological polar surface area (TPSA) is 65.5 Å². The van der Waals surface area contributed by atoms with Crippen molar-refractivity contribution in [3.05, 3.63) is 35.4 Å². The molecule has 0 fully saturated rings. The summed E-state index contributed by atoms with van der Waals surface area (Å²) in [6.45, 7) is 6.50. The molecule has 3 N–H and O–H groups in total. The van der Waals surface area contributed by atoms with Crippen molar-refractivity contribution in [2.24, 2.45) is 10.4 Å². The molecule has 0 aromatic heterocycles. The lowest BCUT2D eigenvalue weighted by molar-refractivity contribution is -0.137. The second-order valence-electron chi connectivity index (χ2n) is 6.22. The van der Waals surface area contributed by atoms with Gasteiger partial charge in [0.25, 0.3) is 0 Å². The van der Waals surface area contributed by atoms with Crippen LogP contribution in [0.1, 0.15) is 31.9 Å². The molecule has 8 heteroatoms. The SMILES string of the molecule is CCNC(=O)C(C)(C)CNC(=NC)NCc1cccc(C(F)(F)F)c1. The van der Waals surface area contributed by atoms with E-state index in [4.69, 9.17) is 0 Å². The summed E-state index contributed by atoms with van der Waals surface area (Å²) >= 11 is 0. The fourth-order valence-electron chi connectivity index (χ4n) is 2.05. The van der Waals surface area contributed by atoms with Crippen LogP contribution < -0.4 is 16.0 Å². The van der Waals surface area contributed by atoms with Gasteiger partial charge in [-0.25, -0.2) is 0 Å². The molecule has 25 heavy (non-hydrogen) atoms. The highest BCUT2D eigenvalue weighted by atomic mass is 19.4.